The lowest BCUT2D eigenvalue weighted by Crippen LogP contribution is -3.61. The molecule has 0 fully saturated rings. The van der Waals surface area contributed by atoms with Gasteiger partial charge in [0.15, 0.2) is 7.14 Å². The van der Waals surface area contributed by atoms with E-state index in [4.69, 9.17) is 0 Å². The van der Waals surface area contributed by atoms with Crippen LogP contribution in [-0.2, 0) is 6.42 Å². The molecule has 0 nitrogen and oxygen atoms in total. The van der Waals surface area contributed by atoms with Crippen molar-refractivity contribution in [2.24, 2.45) is 5.92 Å². The van der Waals surface area contributed by atoms with Crippen molar-refractivity contribution >= 4 is 0 Å². The van der Waals surface area contributed by atoms with Gasteiger partial charge in [-0.25, -0.2) is 0 Å². The number of benzene rings is 2. The normalized spacial score (nSPS) is 12.3. The first-order valence-corrected chi connectivity index (χ1v) is 8.72. The Balaban J connectivity index is 2.00. The number of halogens is 1. The third-order valence-corrected chi connectivity index (χ3v) is 5.83. The Morgan fingerprint density at radius 1 is 0.889 bits per heavy atom. The summed E-state index contributed by atoms with van der Waals surface area (Å²) >= 11 is -0.00895. The minimum atomic E-state index is -0.00895. The first-order chi connectivity index (χ1) is 8.78. The predicted octanol–water partition coefficient (Wildman–Crippen LogP) is 1.40. The van der Waals surface area contributed by atoms with Crippen LogP contribution in [0.5, 0.6) is 0 Å². The molecule has 0 amide bonds. The van der Waals surface area contributed by atoms with Crippen molar-refractivity contribution in [2.75, 3.05) is 0 Å². The van der Waals surface area contributed by atoms with E-state index in [1.54, 1.807) is 0 Å². The third kappa shape index (κ3) is 4.13. The minimum Gasteiger partial charge on any atom is -0.0651 e. The highest BCUT2D eigenvalue weighted by Crippen LogP contribution is 2.10. The molecule has 1 atom stereocenters. The van der Waals surface area contributed by atoms with Crippen molar-refractivity contribution in [1.82, 2.24) is 0 Å². The predicted molar refractivity (Wildman–Crippen MR) is 73.4 cm³/mol. The molecule has 0 aliphatic rings. The van der Waals surface area contributed by atoms with Crippen LogP contribution in [0.15, 0.2) is 54.6 Å². The van der Waals surface area contributed by atoms with Crippen molar-refractivity contribution < 1.29 is 21.2 Å². The van der Waals surface area contributed by atoms with Gasteiger partial charge in [-0.1, -0.05) is 50.6 Å². The summed E-state index contributed by atoms with van der Waals surface area (Å²) in [5.41, 5.74) is 1.48. The van der Waals surface area contributed by atoms with Crippen LogP contribution in [0.4, 0.5) is 0 Å². The maximum absolute atomic E-state index is 2.32. The zero-order chi connectivity index (χ0) is 12.8. The van der Waals surface area contributed by atoms with Gasteiger partial charge in [0, 0.05) is 0 Å². The molecule has 0 spiro atoms. The van der Waals surface area contributed by atoms with E-state index in [-0.39, 0.29) is 21.2 Å². The number of hydrogen-bond acceptors (Lipinski definition) is 0. The van der Waals surface area contributed by atoms with Gasteiger partial charge in [0.25, 0.3) is 0 Å². The van der Waals surface area contributed by atoms with E-state index in [1.807, 2.05) is 0 Å². The van der Waals surface area contributed by atoms with Gasteiger partial charge in [0.05, 0.1) is 0 Å². The van der Waals surface area contributed by atoms with E-state index in [0.29, 0.717) is 0 Å². The van der Waals surface area contributed by atoms with Crippen LogP contribution < -0.4 is 21.2 Å². The first-order valence-electron chi connectivity index (χ1n) is 6.56. The molecular weight excluding hydrogens is 331 g/mol. The van der Waals surface area contributed by atoms with E-state index in [9.17, 15) is 0 Å². The lowest BCUT2D eigenvalue weighted by Gasteiger charge is -2.07. The average Bonchev–Trinajstić information content (AvgIpc) is 2.42. The van der Waals surface area contributed by atoms with Gasteiger partial charge in [-0.15, -0.1) is 0 Å². The standard InChI is InChI=1S/C17H20I/c1-3-14(2)13-15-9-11-17(12-10-15)18-16-7-5-4-6-8-16/h4-12,14H,3,13H2,1-2H3/q+1. The molecule has 0 aromatic heterocycles. The lowest BCUT2D eigenvalue weighted by atomic mass is 9.99. The molecule has 2 rings (SSSR count). The fourth-order valence-corrected chi connectivity index (χ4v) is 4.05. The Hall–Kier alpha value is -0.830. The van der Waals surface area contributed by atoms with E-state index < -0.39 is 0 Å². The van der Waals surface area contributed by atoms with Gasteiger partial charge in [0.1, 0.15) is 0 Å². The minimum absolute atomic E-state index is 0.00895. The second-order valence-electron chi connectivity index (χ2n) is 4.73. The summed E-state index contributed by atoms with van der Waals surface area (Å²) in [4.78, 5) is 0. The molecule has 18 heavy (non-hydrogen) atoms. The highest BCUT2D eigenvalue weighted by atomic mass is 127. The van der Waals surface area contributed by atoms with Gasteiger partial charge in [0.2, 0.25) is 0 Å². The van der Waals surface area contributed by atoms with Crippen molar-refractivity contribution in [3.63, 3.8) is 0 Å². The molecule has 0 N–H and O–H groups in total. The van der Waals surface area contributed by atoms with Crippen molar-refractivity contribution in [2.45, 2.75) is 26.7 Å². The number of rotatable bonds is 5. The van der Waals surface area contributed by atoms with Gasteiger partial charge in [-0.05, 0) is 42.2 Å². The molecule has 2 aromatic rings. The van der Waals surface area contributed by atoms with Crippen LogP contribution in [0.2, 0.25) is 0 Å². The van der Waals surface area contributed by atoms with Gasteiger partial charge < -0.3 is 0 Å². The molecule has 0 saturated carbocycles. The van der Waals surface area contributed by atoms with E-state index in [2.05, 4.69) is 68.4 Å². The summed E-state index contributed by atoms with van der Waals surface area (Å²) in [5, 5.41) is 0. The monoisotopic (exact) mass is 351 g/mol. The van der Waals surface area contributed by atoms with Gasteiger partial charge in [-0.3, -0.25) is 0 Å². The maximum Gasteiger partial charge on any atom is 0.357 e. The summed E-state index contributed by atoms with van der Waals surface area (Å²) in [5.74, 6) is 0.791. The molecule has 0 saturated heterocycles. The summed E-state index contributed by atoms with van der Waals surface area (Å²) in [6, 6.07) is 20.1. The Kier molecular flexibility index (Phi) is 5.24. The van der Waals surface area contributed by atoms with Gasteiger partial charge in [-0.2, -0.15) is 0 Å². The Morgan fingerprint density at radius 2 is 1.50 bits per heavy atom. The summed E-state index contributed by atoms with van der Waals surface area (Å²) < 4.78 is 3.00. The highest BCUT2D eigenvalue weighted by Gasteiger charge is 2.14. The van der Waals surface area contributed by atoms with Gasteiger partial charge >= 0.3 is 21.2 Å². The third-order valence-electron chi connectivity index (χ3n) is 3.15. The Bertz CT molecular complexity index is 459. The molecule has 0 heterocycles. The molecule has 1 heteroatoms. The fourth-order valence-electron chi connectivity index (χ4n) is 1.83. The van der Waals surface area contributed by atoms with E-state index >= 15 is 0 Å². The topological polar surface area (TPSA) is 0 Å². The largest absolute Gasteiger partial charge is 0.357 e. The molecule has 0 aliphatic heterocycles. The van der Waals surface area contributed by atoms with Crippen LogP contribution in [0, 0.1) is 13.1 Å². The van der Waals surface area contributed by atoms with E-state index in [1.165, 1.54) is 25.5 Å². The molecule has 0 radical (unpaired) electrons. The quantitative estimate of drug-likeness (QED) is 0.715. The highest BCUT2D eigenvalue weighted by molar-refractivity contribution is 5.15. The zero-order valence-corrected chi connectivity index (χ0v) is 13.2. The Labute approximate surface area is 121 Å². The SMILES string of the molecule is CCC(C)Cc1ccc([I+]c2ccccc2)cc1. The first kappa shape index (κ1) is 13.6. The molecule has 2 aromatic carbocycles. The summed E-state index contributed by atoms with van der Waals surface area (Å²) in [6.45, 7) is 4.59. The molecule has 0 bridgehead atoms. The van der Waals surface area contributed by atoms with Crippen LogP contribution in [0.3, 0.4) is 0 Å². The van der Waals surface area contributed by atoms with Crippen molar-refractivity contribution in [3.05, 3.63) is 67.3 Å². The van der Waals surface area contributed by atoms with Crippen LogP contribution in [-0.4, -0.2) is 0 Å². The van der Waals surface area contributed by atoms with Crippen LogP contribution in [0.1, 0.15) is 25.8 Å². The fraction of sp³-hybridized carbons (Fsp3) is 0.294. The molecule has 94 valence electrons. The molecule has 0 aliphatic carbocycles. The second-order valence-corrected chi connectivity index (χ2v) is 7.76. The summed E-state index contributed by atoms with van der Waals surface area (Å²) in [6.07, 6.45) is 2.47. The molecule has 1 unspecified atom stereocenters. The van der Waals surface area contributed by atoms with Crippen LogP contribution >= 0.6 is 0 Å². The second kappa shape index (κ2) is 6.93. The smallest absolute Gasteiger partial charge is 0.0651 e. The summed E-state index contributed by atoms with van der Waals surface area (Å²) in [7, 11) is 0. The number of hydrogen-bond donors (Lipinski definition) is 0. The Morgan fingerprint density at radius 3 is 2.11 bits per heavy atom. The average molecular weight is 351 g/mol. The lowest BCUT2D eigenvalue weighted by molar-refractivity contribution is -0.597. The van der Waals surface area contributed by atoms with Crippen LogP contribution in [0.25, 0.3) is 0 Å². The van der Waals surface area contributed by atoms with Crippen molar-refractivity contribution in [1.29, 1.82) is 0 Å². The zero-order valence-electron chi connectivity index (χ0n) is 11.1. The van der Waals surface area contributed by atoms with E-state index in [0.717, 1.165) is 5.92 Å². The molecular formula is C17H20I+. The van der Waals surface area contributed by atoms with Crippen molar-refractivity contribution in [3.8, 4) is 0 Å². The maximum atomic E-state index is 2.32.